The Kier molecular flexibility index (Phi) is 4.29. The highest BCUT2D eigenvalue weighted by molar-refractivity contribution is 6.24. The van der Waals surface area contributed by atoms with E-state index in [2.05, 4.69) is 10.2 Å². The number of piperidine rings is 2. The Labute approximate surface area is 168 Å². The van der Waals surface area contributed by atoms with E-state index >= 15 is 0 Å². The van der Waals surface area contributed by atoms with Crippen LogP contribution in [0.25, 0.3) is 0 Å². The molecule has 1 aromatic carbocycles. The van der Waals surface area contributed by atoms with Gasteiger partial charge in [0.05, 0.1) is 11.1 Å². The van der Waals surface area contributed by atoms with Gasteiger partial charge >= 0.3 is 0 Å². The van der Waals surface area contributed by atoms with Gasteiger partial charge in [-0.3, -0.25) is 34.3 Å². The van der Waals surface area contributed by atoms with Gasteiger partial charge in [0.1, 0.15) is 6.04 Å². The lowest BCUT2D eigenvalue weighted by molar-refractivity contribution is -0.136. The molecular weight excluding hydrogens is 372 g/mol. The number of amides is 4. The van der Waals surface area contributed by atoms with Crippen molar-refractivity contribution in [1.29, 1.82) is 0 Å². The minimum absolute atomic E-state index is 0.119. The van der Waals surface area contributed by atoms with Crippen molar-refractivity contribution in [2.45, 2.75) is 44.3 Å². The van der Waals surface area contributed by atoms with Gasteiger partial charge in [0.25, 0.3) is 11.8 Å². The second-order valence-electron chi connectivity index (χ2n) is 8.74. The second kappa shape index (κ2) is 6.74. The zero-order valence-electron chi connectivity index (χ0n) is 16.1. The van der Waals surface area contributed by atoms with Crippen LogP contribution in [0.5, 0.6) is 0 Å². The molecule has 0 radical (unpaired) electrons. The number of hydrogen-bond donors (Lipinski definition) is 2. The number of benzene rings is 1. The van der Waals surface area contributed by atoms with Gasteiger partial charge in [-0.15, -0.1) is 0 Å². The smallest absolute Gasteiger partial charge is 0.262 e. The highest BCUT2D eigenvalue weighted by atomic mass is 16.2. The highest BCUT2D eigenvalue weighted by Gasteiger charge is 2.46. The standard InChI is InChI=1S/C21H24N4O4/c22-15-7-11-6-13(15)10-24(8-11)9-12-2-1-3-14-18(12)21(29)25(20(14)28)16-4-5-17(26)23-19(16)27/h1-3,11,13,15-16H,4-10,22H2,(H,23,26,27)/t11-,13-,15-,16?/m1/s1. The molecule has 1 aliphatic carbocycles. The van der Waals surface area contributed by atoms with Crippen molar-refractivity contribution in [3.63, 3.8) is 0 Å². The normalized spacial score (nSPS) is 32.0. The molecule has 2 bridgehead atoms. The number of carbonyl (C=O) groups is 4. The minimum atomic E-state index is -0.934. The SMILES string of the molecule is N[C@@H]1C[C@H]2C[C@@H]1CN(Cc1cccc3c1C(=O)N(C1CCC(=O)NC1=O)C3=O)C2. The number of hydrogen-bond acceptors (Lipinski definition) is 6. The third-order valence-electron chi connectivity index (χ3n) is 6.80. The molecule has 3 fully saturated rings. The Bertz CT molecular complexity index is 927. The van der Waals surface area contributed by atoms with E-state index in [1.165, 1.54) is 6.42 Å². The van der Waals surface area contributed by atoms with Crippen molar-refractivity contribution in [2.24, 2.45) is 17.6 Å². The maximum Gasteiger partial charge on any atom is 0.262 e. The Morgan fingerprint density at radius 2 is 1.90 bits per heavy atom. The molecule has 0 spiro atoms. The van der Waals surface area contributed by atoms with Crippen LogP contribution in [0.15, 0.2) is 18.2 Å². The molecule has 8 heteroatoms. The van der Waals surface area contributed by atoms with Crippen LogP contribution in [0, 0.1) is 11.8 Å². The van der Waals surface area contributed by atoms with Gasteiger partial charge in [0.15, 0.2) is 0 Å². The van der Waals surface area contributed by atoms with E-state index in [9.17, 15) is 19.2 Å². The van der Waals surface area contributed by atoms with Gasteiger partial charge in [-0.25, -0.2) is 0 Å². The molecule has 0 aromatic heterocycles. The van der Waals surface area contributed by atoms with Crippen LogP contribution in [0.4, 0.5) is 0 Å². The molecule has 3 heterocycles. The van der Waals surface area contributed by atoms with Crippen LogP contribution in [0.2, 0.25) is 0 Å². The number of carbonyl (C=O) groups excluding carboxylic acids is 4. The van der Waals surface area contributed by atoms with Crippen molar-refractivity contribution in [3.8, 4) is 0 Å². The maximum atomic E-state index is 13.2. The van der Waals surface area contributed by atoms with Crippen molar-refractivity contribution < 1.29 is 19.2 Å². The van der Waals surface area contributed by atoms with Crippen LogP contribution in [0.3, 0.4) is 0 Å². The average molecular weight is 396 g/mol. The Morgan fingerprint density at radius 1 is 1.07 bits per heavy atom. The molecule has 1 saturated carbocycles. The van der Waals surface area contributed by atoms with Gasteiger partial charge in [-0.05, 0) is 42.7 Å². The third-order valence-corrected chi connectivity index (χ3v) is 6.80. The van der Waals surface area contributed by atoms with Gasteiger partial charge in [-0.1, -0.05) is 12.1 Å². The summed E-state index contributed by atoms with van der Waals surface area (Å²) in [4.78, 5) is 53.2. The number of nitrogens with one attached hydrogen (secondary N) is 1. The third kappa shape index (κ3) is 2.98. The first-order valence-electron chi connectivity index (χ1n) is 10.2. The zero-order chi connectivity index (χ0) is 20.3. The predicted molar refractivity (Wildman–Crippen MR) is 103 cm³/mol. The molecule has 2 saturated heterocycles. The fourth-order valence-electron chi connectivity index (χ4n) is 5.49. The van der Waals surface area contributed by atoms with Crippen LogP contribution in [-0.4, -0.2) is 58.6 Å². The predicted octanol–water partition coefficient (Wildman–Crippen LogP) is 0.257. The van der Waals surface area contributed by atoms with Crippen molar-refractivity contribution in [1.82, 2.24) is 15.1 Å². The molecule has 3 aliphatic heterocycles. The number of nitrogens with zero attached hydrogens (tertiary/aromatic N) is 2. The summed E-state index contributed by atoms with van der Waals surface area (Å²) in [7, 11) is 0. The lowest BCUT2D eigenvalue weighted by Gasteiger charge is -2.32. The van der Waals surface area contributed by atoms with Crippen molar-refractivity contribution in [3.05, 3.63) is 34.9 Å². The molecule has 8 nitrogen and oxygen atoms in total. The first-order chi connectivity index (χ1) is 13.9. The summed E-state index contributed by atoms with van der Waals surface area (Å²) in [6, 6.07) is 4.63. The average Bonchev–Trinajstić information content (AvgIpc) is 3.08. The molecule has 4 aliphatic rings. The zero-order valence-corrected chi connectivity index (χ0v) is 16.1. The number of fused-ring (bicyclic) bond motifs is 3. The molecule has 5 rings (SSSR count). The number of rotatable bonds is 3. The van der Waals surface area contributed by atoms with Crippen LogP contribution in [0.1, 0.15) is 52.0 Å². The summed E-state index contributed by atoms with van der Waals surface area (Å²) in [6.07, 6.45) is 2.51. The Balaban J connectivity index is 1.41. The van der Waals surface area contributed by atoms with Crippen LogP contribution in [-0.2, 0) is 16.1 Å². The molecular formula is C21H24N4O4. The first-order valence-corrected chi connectivity index (χ1v) is 10.2. The van der Waals surface area contributed by atoms with E-state index in [-0.39, 0.29) is 24.8 Å². The number of imide groups is 2. The monoisotopic (exact) mass is 396 g/mol. The van der Waals surface area contributed by atoms with E-state index in [0.29, 0.717) is 29.5 Å². The number of likely N-dealkylation sites (tertiary alicyclic amines) is 1. The largest absolute Gasteiger partial charge is 0.327 e. The molecule has 4 amide bonds. The van der Waals surface area contributed by atoms with Crippen molar-refractivity contribution >= 4 is 23.6 Å². The molecule has 1 unspecified atom stereocenters. The maximum absolute atomic E-state index is 13.2. The van der Waals surface area contributed by atoms with E-state index in [1.807, 2.05) is 6.07 Å². The van der Waals surface area contributed by atoms with Gasteiger partial charge in [0, 0.05) is 32.1 Å². The summed E-state index contributed by atoms with van der Waals surface area (Å²) < 4.78 is 0. The summed E-state index contributed by atoms with van der Waals surface area (Å²) in [5.74, 6) is -0.769. The first kappa shape index (κ1) is 18.4. The van der Waals surface area contributed by atoms with E-state index in [0.717, 1.165) is 30.0 Å². The van der Waals surface area contributed by atoms with E-state index < -0.39 is 23.8 Å². The fourth-order valence-corrected chi connectivity index (χ4v) is 5.49. The highest BCUT2D eigenvalue weighted by Crippen LogP contribution is 2.37. The van der Waals surface area contributed by atoms with Gasteiger partial charge in [-0.2, -0.15) is 0 Å². The molecule has 4 atom stereocenters. The Morgan fingerprint density at radius 3 is 2.66 bits per heavy atom. The summed E-state index contributed by atoms with van der Waals surface area (Å²) in [6.45, 7) is 2.44. The topological polar surface area (TPSA) is 113 Å². The van der Waals surface area contributed by atoms with E-state index in [4.69, 9.17) is 5.73 Å². The van der Waals surface area contributed by atoms with E-state index in [1.54, 1.807) is 12.1 Å². The summed E-state index contributed by atoms with van der Waals surface area (Å²) in [5, 5.41) is 2.23. The second-order valence-corrected chi connectivity index (χ2v) is 8.74. The molecule has 3 N–H and O–H groups in total. The van der Waals surface area contributed by atoms with Gasteiger partial charge in [0.2, 0.25) is 11.8 Å². The molecule has 1 aromatic rings. The fraction of sp³-hybridized carbons (Fsp3) is 0.524. The summed E-state index contributed by atoms with van der Waals surface area (Å²) in [5.41, 5.74) is 7.78. The van der Waals surface area contributed by atoms with Crippen LogP contribution >= 0.6 is 0 Å². The lowest BCUT2D eigenvalue weighted by Crippen LogP contribution is -2.54. The molecule has 29 heavy (non-hydrogen) atoms. The summed E-state index contributed by atoms with van der Waals surface area (Å²) >= 11 is 0. The van der Waals surface area contributed by atoms with Crippen LogP contribution < -0.4 is 11.1 Å². The molecule has 152 valence electrons. The lowest BCUT2D eigenvalue weighted by atomic mass is 9.96. The minimum Gasteiger partial charge on any atom is -0.327 e. The number of nitrogens with two attached hydrogens (primary N) is 1. The quantitative estimate of drug-likeness (QED) is 0.709. The Hall–Kier alpha value is -2.58. The van der Waals surface area contributed by atoms with Crippen molar-refractivity contribution in [2.75, 3.05) is 13.1 Å². The van der Waals surface area contributed by atoms with Gasteiger partial charge < -0.3 is 5.73 Å².